The van der Waals surface area contributed by atoms with Gasteiger partial charge in [-0.25, -0.2) is 4.79 Å². The lowest BCUT2D eigenvalue weighted by Gasteiger charge is -2.29. The maximum atomic E-state index is 13.4. The van der Waals surface area contributed by atoms with Crippen LogP contribution in [0.2, 0.25) is 0 Å². The highest BCUT2D eigenvalue weighted by Gasteiger charge is 2.31. The van der Waals surface area contributed by atoms with Crippen LogP contribution in [0.1, 0.15) is 68.3 Å². The number of H-pyrrole nitrogens is 1. The fourth-order valence-electron chi connectivity index (χ4n) is 3.59. The average Bonchev–Trinajstić information content (AvgIpc) is 3.04. The van der Waals surface area contributed by atoms with Crippen molar-refractivity contribution in [2.24, 2.45) is 0 Å². The number of Topliss-reactive ketones (excluding diaryl/α,β-unsaturated/α-hetero) is 1. The minimum Gasteiger partial charge on any atom is -0.461 e. The van der Waals surface area contributed by atoms with Crippen LogP contribution in [0.25, 0.3) is 0 Å². The van der Waals surface area contributed by atoms with Gasteiger partial charge in [-0.3, -0.25) is 9.59 Å². The zero-order chi connectivity index (χ0) is 23.1. The second-order valence-corrected chi connectivity index (χ2v) is 7.60. The van der Waals surface area contributed by atoms with Gasteiger partial charge in [0.05, 0.1) is 12.6 Å². The number of esters is 1. The SMILES string of the molecule is CCOC(=O)c1[nH]c(C)c(C(=O)[C@@H](C)N(CCCOC)C(=O)c2ccc(C)cc2)c1C. The second-order valence-electron chi connectivity index (χ2n) is 7.60. The lowest BCUT2D eigenvalue weighted by Crippen LogP contribution is -2.44. The molecule has 1 amide bonds. The Hall–Kier alpha value is -2.93. The zero-order valence-corrected chi connectivity index (χ0v) is 19.2. The summed E-state index contributed by atoms with van der Waals surface area (Å²) >= 11 is 0. The minimum atomic E-state index is -0.714. The molecule has 1 N–H and O–H groups in total. The second kappa shape index (κ2) is 10.9. The normalized spacial score (nSPS) is 11.8. The molecule has 1 heterocycles. The molecule has 1 aromatic carbocycles. The molecule has 7 heteroatoms. The summed E-state index contributed by atoms with van der Waals surface area (Å²) in [5.74, 6) is -0.935. The molecule has 168 valence electrons. The highest BCUT2D eigenvalue weighted by Crippen LogP contribution is 2.23. The van der Waals surface area contributed by atoms with Gasteiger partial charge in [0, 0.05) is 37.1 Å². The van der Waals surface area contributed by atoms with Gasteiger partial charge in [0.2, 0.25) is 0 Å². The van der Waals surface area contributed by atoms with Crippen LogP contribution in [0.4, 0.5) is 0 Å². The zero-order valence-electron chi connectivity index (χ0n) is 19.2. The molecule has 0 spiro atoms. The first-order valence-corrected chi connectivity index (χ1v) is 10.5. The third-order valence-electron chi connectivity index (χ3n) is 5.32. The van der Waals surface area contributed by atoms with Crippen molar-refractivity contribution < 1.29 is 23.9 Å². The number of rotatable bonds is 10. The van der Waals surface area contributed by atoms with E-state index in [1.807, 2.05) is 19.1 Å². The van der Waals surface area contributed by atoms with Gasteiger partial charge in [0.25, 0.3) is 5.91 Å². The molecule has 0 aliphatic rings. The van der Waals surface area contributed by atoms with E-state index in [0.717, 1.165) is 5.56 Å². The molecule has 1 aromatic heterocycles. The summed E-state index contributed by atoms with van der Waals surface area (Å²) in [5.41, 5.74) is 3.38. The first-order chi connectivity index (χ1) is 14.7. The molecule has 0 radical (unpaired) electrons. The molecule has 0 saturated carbocycles. The number of carbonyl (C=O) groups excluding carboxylic acids is 3. The number of aromatic nitrogens is 1. The Morgan fingerprint density at radius 3 is 2.32 bits per heavy atom. The predicted molar refractivity (Wildman–Crippen MR) is 119 cm³/mol. The molecule has 0 unspecified atom stereocenters. The molecule has 0 bridgehead atoms. The average molecular weight is 429 g/mol. The fraction of sp³-hybridized carbons (Fsp3) is 0.458. The van der Waals surface area contributed by atoms with Crippen molar-refractivity contribution in [3.05, 3.63) is 57.9 Å². The van der Waals surface area contributed by atoms with E-state index >= 15 is 0 Å². The van der Waals surface area contributed by atoms with Crippen molar-refractivity contribution in [3.8, 4) is 0 Å². The highest BCUT2D eigenvalue weighted by molar-refractivity contribution is 6.07. The molecule has 1 atom stereocenters. The topological polar surface area (TPSA) is 88.7 Å². The number of hydrogen-bond acceptors (Lipinski definition) is 5. The van der Waals surface area contributed by atoms with Crippen molar-refractivity contribution >= 4 is 17.7 Å². The number of ketones is 1. The number of aryl methyl sites for hydroxylation is 2. The Balaban J connectivity index is 2.36. The van der Waals surface area contributed by atoms with Gasteiger partial charge < -0.3 is 19.4 Å². The molecule has 31 heavy (non-hydrogen) atoms. The summed E-state index contributed by atoms with van der Waals surface area (Å²) in [7, 11) is 1.60. The minimum absolute atomic E-state index is 0.214. The standard InChI is InChI=1S/C24H32N2O5/c1-7-31-24(29)21-16(3)20(17(4)25-21)22(27)18(5)26(13-8-14-30-6)23(28)19-11-9-15(2)10-12-19/h9-12,18,25H,7-8,13-14H2,1-6H3/t18-/m1/s1. The fourth-order valence-corrected chi connectivity index (χ4v) is 3.59. The van der Waals surface area contributed by atoms with E-state index in [-0.39, 0.29) is 24.0 Å². The smallest absolute Gasteiger partial charge is 0.355 e. The van der Waals surface area contributed by atoms with Crippen molar-refractivity contribution in [1.29, 1.82) is 0 Å². The molecule has 0 fully saturated rings. The van der Waals surface area contributed by atoms with Gasteiger partial charge in [-0.05, 0) is 58.7 Å². The molecule has 0 saturated heterocycles. The maximum Gasteiger partial charge on any atom is 0.355 e. The van der Waals surface area contributed by atoms with Crippen LogP contribution in [0, 0.1) is 20.8 Å². The first-order valence-electron chi connectivity index (χ1n) is 10.5. The Kier molecular flexibility index (Phi) is 8.56. The van der Waals surface area contributed by atoms with Gasteiger partial charge in [0.15, 0.2) is 5.78 Å². The third-order valence-corrected chi connectivity index (χ3v) is 5.32. The molecule has 7 nitrogen and oxygen atoms in total. The number of hydrogen-bond donors (Lipinski definition) is 1. The molecular formula is C24H32N2O5. The Bertz CT molecular complexity index is 930. The quantitative estimate of drug-likeness (QED) is 0.353. The van der Waals surface area contributed by atoms with E-state index in [4.69, 9.17) is 9.47 Å². The van der Waals surface area contributed by atoms with Gasteiger partial charge >= 0.3 is 5.97 Å². The summed E-state index contributed by atoms with van der Waals surface area (Å²) in [5, 5.41) is 0. The molecule has 2 rings (SSSR count). The Morgan fingerprint density at radius 1 is 1.10 bits per heavy atom. The van der Waals surface area contributed by atoms with Crippen molar-refractivity contribution in [1.82, 2.24) is 9.88 Å². The van der Waals surface area contributed by atoms with Crippen LogP contribution in [0.3, 0.4) is 0 Å². The van der Waals surface area contributed by atoms with Crippen LogP contribution in [0.5, 0.6) is 0 Å². The molecular weight excluding hydrogens is 396 g/mol. The predicted octanol–water partition coefficient (Wildman–Crippen LogP) is 3.87. The number of carbonyl (C=O) groups is 3. The summed E-state index contributed by atoms with van der Waals surface area (Å²) in [6.45, 7) is 9.96. The van der Waals surface area contributed by atoms with E-state index in [9.17, 15) is 14.4 Å². The summed E-state index contributed by atoms with van der Waals surface area (Å²) in [6, 6.07) is 6.57. The van der Waals surface area contributed by atoms with Crippen LogP contribution in [0.15, 0.2) is 24.3 Å². The number of benzene rings is 1. The maximum absolute atomic E-state index is 13.4. The number of methoxy groups -OCH3 is 1. The third kappa shape index (κ3) is 5.61. The summed E-state index contributed by atoms with van der Waals surface area (Å²) in [6.07, 6.45) is 0.602. The van der Waals surface area contributed by atoms with E-state index in [2.05, 4.69) is 4.98 Å². The van der Waals surface area contributed by atoms with Crippen molar-refractivity contribution in [2.45, 2.75) is 47.1 Å². The number of ether oxygens (including phenoxy) is 2. The van der Waals surface area contributed by atoms with Gasteiger partial charge in [-0.1, -0.05) is 17.7 Å². The monoisotopic (exact) mass is 428 g/mol. The summed E-state index contributed by atoms with van der Waals surface area (Å²) < 4.78 is 10.2. The van der Waals surface area contributed by atoms with E-state index in [1.54, 1.807) is 51.8 Å². The number of amides is 1. The van der Waals surface area contributed by atoms with E-state index in [1.165, 1.54) is 0 Å². The first kappa shape index (κ1) is 24.3. The van der Waals surface area contributed by atoms with Crippen LogP contribution >= 0.6 is 0 Å². The number of nitrogens with one attached hydrogen (secondary N) is 1. The highest BCUT2D eigenvalue weighted by atomic mass is 16.5. The van der Waals surface area contributed by atoms with Gasteiger partial charge in [-0.2, -0.15) is 0 Å². The van der Waals surface area contributed by atoms with Gasteiger partial charge in [-0.15, -0.1) is 0 Å². The molecule has 0 aliphatic carbocycles. The van der Waals surface area contributed by atoms with Crippen LogP contribution in [-0.2, 0) is 9.47 Å². The van der Waals surface area contributed by atoms with Crippen molar-refractivity contribution in [3.63, 3.8) is 0 Å². The molecule has 2 aromatic rings. The number of aromatic amines is 1. The van der Waals surface area contributed by atoms with Crippen molar-refractivity contribution in [2.75, 3.05) is 26.9 Å². The Labute approximate surface area is 183 Å². The molecule has 0 aliphatic heterocycles. The lowest BCUT2D eigenvalue weighted by molar-refractivity contribution is 0.0518. The van der Waals surface area contributed by atoms with Crippen LogP contribution < -0.4 is 0 Å². The number of nitrogens with zero attached hydrogens (tertiary/aromatic N) is 1. The van der Waals surface area contributed by atoms with E-state index in [0.29, 0.717) is 42.0 Å². The Morgan fingerprint density at radius 2 is 1.74 bits per heavy atom. The summed E-state index contributed by atoms with van der Waals surface area (Å²) in [4.78, 5) is 43.4. The van der Waals surface area contributed by atoms with Crippen LogP contribution in [-0.4, -0.2) is 60.5 Å². The van der Waals surface area contributed by atoms with Gasteiger partial charge in [0.1, 0.15) is 5.69 Å². The van der Waals surface area contributed by atoms with E-state index < -0.39 is 12.0 Å². The largest absolute Gasteiger partial charge is 0.461 e. The lowest BCUT2D eigenvalue weighted by atomic mass is 9.99.